The number of rotatable bonds is 1. The van der Waals surface area contributed by atoms with Crippen molar-refractivity contribution in [3.63, 3.8) is 0 Å². The van der Waals surface area contributed by atoms with E-state index in [9.17, 15) is 9.50 Å². The molecule has 1 saturated heterocycles. The Morgan fingerprint density at radius 1 is 1.43 bits per heavy atom. The standard InChI is InChI=1S/C10H12FNO2/c11-9-7-12-4-1-8(9)10(13)2-5-14-6-3-10/h1,4,7,13H,2-3,5-6H2. The highest BCUT2D eigenvalue weighted by Gasteiger charge is 2.33. The fraction of sp³-hybridized carbons (Fsp3) is 0.500. The van der Waals surface area contributed by atoms with Crippen LogP contribution in [0, 0.1) is 5.82 Å². The second-order valence-electron chi connectivity index (χ2n) is 3.50. The predicted octanol–water partition coefficient (Wildman–Crippen LogP) is 1.22. The molecule has 0 radical (unpaired) electrons. The maximum atomic E-state index is 13.4. The van der Waals surface area contributed by atoms with E-state index >= 15 is 0 Å². The second-order valence-corrected chi connectivity index (χ2v) is 3.50. The minimum atomic E-state index is -1.08. The van der Waals surface area contributed by atoms with E-state index in [1.54, 1.807) is 0 Å². The Kier molecular flexibility index (Phi) is 2.48. The van der Waals surface area contributed by atoms with Crippen LogP contribution in [-0.4, -0.2) is 23.3 Å². The van der Waals surface area contributed by atoms with Crippen molar-refractivity contribution in [3.8, 4) is 0 Å². The number of aliphatic hydroxyl groups is 1. The first-order valence-electron chi connectivity index (χ1n) is 4.62. The van der Waals surface area contributed by atoms with Gasteiger partial charge in [-0.15, -0.1) is 0 Å². The molecule has 2 heterocycles. The summed E-state index contributed by atoms with van der Waals surface area (Å²) < 4.78 is 18.5. The van der Waals surface area contributed by atoms with Crippen LogP contribution < -0.4 is 0 Å². The van der Waals surface area contributed by atoms with Crippen LogP contribution in [0.15, 0.2) is 18.5 Å². The molecule has 76 valence electrons. The topological polar surface area (TPSA) is 42.4 Å². The molecule has 0 aromatic carbocycles. The maximum Gasteiger partial charge on any atom is 0.147 e. The number of hydrogen-bond donors (Lipinski definition) is 1. The van der Waals surface area contributed by atoms with Gasteiger partial charge in [0.25, 0.3) is 0 Å². The zero-order valence-corrected chi connectivity index (χ0v) is 7.74. The number of ether oxygens (including phenoxy) is 1. The maximum absolute atomic E-state index is 13.4. The van der Waals surface area contributed by atoms with Crippen LogP contribution in [0.25, 0.3) is 0 Å². The monoisotopic (exact) mass is 197 g/mol. The fourth-order valence-electron chi connectivity index (χ4n) is 1.73. The average molecular weight is 197 g/mol. The minimum Gasteiger partial charge on any atom is -0.385 e. The first-order chi connectivity index (χ1) is 6.72. The minimum absolute atomic E-state index is 0.329. The summed E-state index contributed by atoms with van der Waals surface area (Å²) in [6.07, 6.45) is 3.50. The van der Waals surface area contributed by atoms with E-state index in [-0.39, 0.29) is 0 Å². The molecule has 0 saturated carbocycles. The fourth-order valence-corrected chi connectivity index (χ4v) is 1.73. The molecule has 1 aromatic rings. The van der Waals surface area contributed by atoms with Crippen LogP contribution in [0.3, 0.4) is 0 Å². The third-order valence-corrected chi connectivity index (χ3v) is 2.59. The van der Waals surface area contributed by atoms with E-state index in [4.69, 9.17) is 4.74 Å². The number of nitrogens with zero attached hydrogens (tertiary/aromatic N) is 1. The second kappa shape index (κ2) is 3.63. The van der Waals surface area contributed by atoms with E-state index in [0.717, 1.165) is 6.20 Å². The Balaban J connectivity index is 2.32. The van der Waals surface area contributed by atoms with Gasteiger partial charge in [0.1, 0.15) is 5.82 Å². The van der Waals surface area contributed by atoms with Crippen molar-refractivity contribution in [1.29, 1.82) is 0 Å². The Bertz CT molecular complexity index is 324. The van der Waals surface area contributed by atoms with Gasteiger partial charge in [-0.3, -0.25) is 4.98 Å². The highest BCUT2D eigenvalue weighted by Crippen LogP contribution is 2.32. The van der Waals surface area contributed by atoms with Gasteiger partial charge in [0.2, 0.25) is 0 Å². The molecule has 0 aliphatic carbocycles. The van der Waals surface area contributed by atoms with Crippen LogP contribution in [-0.2, 0) is 10.3 Å². The summed E-state index contributed by atoms with van der Waals surface area (Å²) in [6.45, 7) is 0.941. The molecule has 0 spiro atoms. The third-order valence-electron chi connectivity index (χ3n) is 2.59. The lowest BCUT2D eigenvalue weighted by atomic mass is 9.87. The summed E-state index contributed by atoms with van der Waals surface area (Å²) in [5.41, 5.74) is -0.749. The molecular weight excluding hydrogens is 185 g/mol. The molecule has 1 aliphatic heterocycles. The van der Waals surface area contributed by atoms with Crippen molar-refractivity contribution < 1.29 is 14.2 Å². The molecular formula is C10H12FNO2. The quantitative estimate of drug-likeness (QED) is 0.736. The largest absolute Gasteiger partial charge is 0.385 e. The van der Waals surface area contributed by atoms with Crippen LogP contribution in [0.5, 0.6) is 0 Å². The number of pyridine rings is 1. The summed E-state index contributed by atoms with van der Waals surface area (Å²) in [5.74, 6) is -0.447. The lowest BCUT2D eigenvalue weighted by molar-refractivity contribution is -0.0698. The van der Waals surface area contributed by atoms with Crippen molar-refractivity contribution in [2.75, 3.05) is 13.2 Å². The van der Waals surface area contributed by atoms with E-state index in [1.165, 1.54) is 12.3 Å². The van der Waals surface area contributed by atoms with Crippen molar-refractivity contribution in [2.45, 2.75) is 18.4 Å². The van der Waals surface area contributed by atoms with Gasteiger partial charge in [-0.25, -0.2) is 4.39 Å². The Labute approximate surface area is 81.5 Å². The van der Waals surface area contributed by atoms with Crippen molar-refractivity contribution in [1.82, 2.24) is 4.98 Å². The van der Waals surface area contributed by atoms with E-state index in [0.29, 0.717) is 31.6 Å². The molecule has 1 aliphatic rings. The lowest BCUT2D eigenvalue weighted by Crippen LogP contribution is -2.34. The highest BCUT2D eigenvalue weighted by molar-refractivity contribution is 5.21. The normalized spacial score (nSPS) is 20.7. The van der Waals surface area contributed by atoms with Crippen molar-refractivity contribution >= 4 is 0 Å². The zero-order chi connectivity index (χ0) is 10.0. The Morgan fingerprint density at radius 3 is 2.79 bits per heavy atom. The Morgan fingerprint density at radius 2 is 2.14 bits per heavy atom. The molecule has 0 bridgehead atoms. The van der Waals surface area contributed by atoms with Crippen molar-refractivity contribution in [3.05, 3.63) is 29.8 Å². The van der Waals surface area contributed by atoms with Gasteiger partial charge in [-0.2, -0.15) is 0 Å². The molecule has 0 amide bonds. The summed E-state index contributed by atoms with van der Waals surface area (Å²) in [7, 11) is 0. The smallest absolute Gasteiger partial charge is 0.147 e. The first-order valence-corrected chi connectivity index (χ1v) is 4.62. The van der Waals surface area contributed by atoms with E-state index < -0.39 is 11.4 Å². The number of aromatic nitrogens is 1. The van der Waals surface area contributed by atoms with Gasteiger partial charge in [-0.05, 0) is 6.07 Å². The van der Waals surface area contributed by atoms with Crippen LogP contribution in [0.2, 0.25) is 0 Å². The van der Waals surface area contributed by atoms with E-state index in [1.807, 2.05) is 0 Å². The number of hydrogen-bond acceptors (Lipinski definition) is 3. The highest BCUT2D eigenvalue weighted by atomic mass is 19.1. The Hall–Kier alpha value is -1.00. The summed E-state index contributed by atoms with van der Waals surface area (Å²) >= 11 is 0. The summed E-state index contributed by atoms with van der Waals surface area (Å²) in [6, 6.07) is 1.53. The molecule has 4 heteroatoms. The zero-order valence-electron chi connectivity index (χ0n) is 7.74. The SMILES string of the molecule is OC1(c2ccncc2F)CCOCC1. The van der Waals surface area contributed by atoms with Gasteiger partial charge >= 0.3 is 0 Å². The lowest BCUT2D eigenvalue weighted by Gasteiger charge is -2.32. The predicted molar refractivity (Wildman–Crippen MR) is 48.1 cm³/mol. The van der Waals surface area contributed by atoms with Crippen molar-refractivity contribution in [2.24, 2.45) is 0 Å². The first kappa shape index (κ1) is 9.55. The van der Waals surface area contributed by atoms with Crippen LogP contribution in [0.4, 0.5) is 4.39 Å². The molecule has 0 atom stereocenters. The summed E-state index contributed by atoms with van der Waals surface area (Å²) in [5, 5.41) is 10.2. The molecule has 3 nitrogen and oxygen atoms in total. The van der Waals surface area contributed by atoms with Gasteiger partial charge < -0.3 is 9.84 Å². The van der Waals surface area contributed by atoms with E-state index in [2.05, 4.69) is 4.98 Å². The van der Waals surface area contributed by atoms with Gasteiger partial charge in [0.05, 0.1) is 11.8 Å². The molecule has 1 N–H and O–H groups in total. The third kappa shape index (κ3) is 1.63. The molecule has 1 aromatic heterocycles. The summed E-state index contributed by atoms with van der Waals surface area (Å²) in [4.78, 5) is 3.65. The van der Waals surface area contributed by atoms with Crippen LogP contribution >= 0.6 is 0 Å². The molecule has 0 unspecified atom stereocenters. The average Bonchev–Trinajstić information content (AvgIpc) is 2.19. The molecule has 2 rings (SSSR count). The number of halogens is 1. The molecule has 14 heavy (non-hydrogen) atoms. The van der Waals surface area contributed by atoms with Gasteiger partial charge in [0.15, 0.2) is 0 Å². The van der Waals surface area contributed by atoms with Crippen LogP contribution in [0.1, 0.15) is 18.4 Å². The van der Waals surface area contributed by atoms with Gasteiger partial charge in [0, 0.05) is 37.8 Å². The molecule has 1 fully saturated rings. The van der Waals surface area contributed by atoms with Gasteiger partial charge in [-0.1, -0.05) is 0 Å².